The van der Waals surface area contributed by atoms with Crippen LogP contribution in [0.1, 0.15) is 25.3 Å². The van der Waals surface area contributed by atoms with Gasteiger partial charge in [0.25, 0.3) is 0 Å². The Labute approximate surface area is 202 Å². The fourth-order valence-electron chi connectivity index (χ4n) is 3.80. The molecule has 0 aliphatic carbocycles. The molecular weight excluding hydrogens is 448 g/mol. The molecule has 2 aromatic carbocycles. The van der Waals surface area contributed by atoms with E-state index in [1.165, 1.54) is 18.3 Å². The summed E-state index contributed by atoms with van der Waals surface area (Å²) in [6.07, 6.45) is 4.66. The Kier molecular flexibility index (Phi) is 7.49. The Morgan fingerprint density at radius 3 is 2.38 bits per heavy atom. The number of benzene rings is 2. The number of nitrogens with zero attached hydrogens (tertiary/aromatic N) is 2. The maximum absolute atomic E-state index is 12.7. The number of amides is 3. The number of hydrogen-bond donors (Lipinski definition) is 2. The molecular formula is C26H26N4O3S. The van der Waals surface area contributed by atoms with Gasteiger partial charge in [0.05, 0.1) is 5.69 Å². The quantitative estimate of drug-likeness (QED) is 0.509. The molecule has 0 spiro atoms. The summed E-state index contributed by atoms with van der Waals surface area (Å²) < 4.78 is 0. The van der Waals surface area contributed by atoms with Crippen LogP contribution in [0.2, 0.25) is 0 Å². The van der Waals surface area contributed by atoms with Gasteiger partial charge in [0, 0.05) is 48.6 Å². The van der Waals surface area contributed by atoms with E-state index in [1.807, 2.05) is 66.1 Å². The summed E-state index contributed by atoms with van der Waals surface area (Å²) in [6.45, 7) is 2.58. The van der Waals surface area contributed by atoms with Crippen LogP contribution in [-0.4, -0.2) is 40.7 Å². The van der Waals surface area contributed by atoms with Gasteiger partial charge in [0.15, 0.2) is 5.13 Å². The van der Waals surface area contributed by atoms with Gasteiger partial charge in [-0.25, -0.2) is 4.98 Å². The van der Waals surface area contributed by atoms with E-state index in [2.05, 4.69) is 15.6 Å². The van der Waals surface area contributed by atoms with Crippen molar-refractivity contribution in [2.24, 2.45) is 5.92 Å². The minimum atomic E-state index is -0.147. The van der Waals surface area contributed by atoms with Crippen molar-refractivity contribution in [3.05, 3.63) is 71.6 Å². The second kappa shape index (κ2) is 10.9. The van der Waals surface area contributed by atoms with Crippen LogP contribution in [0.15, 0.2) is 66.1 Å². The van der Waals surface area contributed by atoms with Crippen LogP contribution < -0.4 is 10.6 Å². The van der Waals surface area contributed by atoms with Crippen LogP contribution in [0.3, 0.4) is 0 Å². The molecule has 0 unspecified atom stereocenters. The van der Waals surface area contributed by atoms with Crippen molar-refractivity contribution in [2.75, 3.05) is 23.7 Å². The van der Waals surface area contributed by atoms with Gasteiger partial charge in [-0.2, -0.15) is 0 Å². The first-order valence-corrected chi connectivity index (χ1v) is 12.0. The van der Waals surface area contributed by atoms with Gasteiger partial charge in [0.2, 0.25) is 17.7 Å². The maximum atomic E-state index is 12.7. The van der Waals surface area contributed by atoms with E-state index in [-0.39, 0.29) is 23.6 Å². The third-order valence-corrected chi connectivity index (χ3v) is 6.39. The van der Waals surface area contributed by atoms with Crippen LogP contribution in [-0.2, 0) is 14.4 Å². The first-order valence-electron chi connectivity index (χ1n) is 11.1. The summed E-state index contributed by atoms with van der Waals surface area (Å²) in [5.41, 5.74) is 3.37. The number of piperidine rings is 1. The minimum Gasteiger partial charge on any atom is -0.339 e. The zero-order chi connectivity index (χ0) is 23.9. The molecule has 7 nitrogen and oxygen atoms in total. The molecule has 1 aromatic heterocycles. The summed E-state index contributed by atoms with van der Waals surface area (Å²) >= 11 is 1.38. The lowest BCUT2D eigenvalue weighted by Crippen LogP contribution is -2.40. The molecule has 8 heteroatoms. The molecule has 3 aromatic rings. The van der Waals surface area contributed by atoms with E-state index in [0.29, 0.717) is 31.1 Å². The topological polar surface area (TPSA) is 91.4 Å². The number of nitrogens with one attached hydrogen (secondary N) is 2. The van der Waals surface area contributed by atoms with Gasteiger partial charge in [0.1, 0.15) is 0 Å². The molecule has 1 saturated heterocycles. The number of thiazole rings is 1. The highest BCUT2D eigenvalue weighted by Gasteiger charge is 2.27. The molecule has 1 fully saturated rings. The SMILES string of the molecule is CC(=O)Nc1ccc(-c2csc(NC(=O)C3CCN(C(=O)/C=C/c4ccccc4)CC3)n2)cc1. The lowest BCUT2D eigenvalue weighted by Gasteiger charge is -2.30. The molecule has 0 radical (unpaired) electrons. The summed E-state index contributed by atoms with van der Waals surface area (Å²) in [6, 6.07) is 17.1. The van der Waals surface area contributed by atoms with Gasteiger partial charge in [-0.15, -0.1) is 11.3 Å². The molecule has 0 saturated carbocycles. The highest BCUT2D eigenvalue weighted by Crippen LogP contribution is 2.27. The minimum absolute atomic E-state index is 0.0307. The first-order chi connectivity index (χ1) is 16.5. The number of aromatic nitrogens is 1. The molecule has 4 rings (SSSR count). The van der Waals surface area contributed by atoms with Crippen molar-refractivity contribution in [1.29, 1.82) is 0 Å². The maximum Gasteiger partial charge on any atom is 0.246 e. The Balaban J connectivity index is 1.27. The number of carbonyl (C=O) groups excluding carboxylic acids is 3. The molecule has 0 atom stereocenters. The summed E-state index contributed by atoms with van der Waals surface area (Å²) in [5, 5.41) is 8.10. The average molecular weight is 475 g/mol. The first kappa shape index (κ1) is 23.4. The number of likely N-dealkylation sites (tertiary alicyclic amines) is 1. The van der Waals surface area contributed by atoms with Crippen molar-refractivity contribution in [2.45, 2.75) is 19.8 Å². The average Bonchev–Trinajstić information content (AvgIpc) is 3.32. The summed E-state index contributed by atoms with van der Waals surface area (Å²) in [5.74, 6) is -0.359. The van der Waals surface area contributed by atoms with Crippen LogP contribution in [0.25, 0.3) is 17.3 Å². The lowest BCUT2D eigenvalue weighted by atomic mass is 9.96. The van der Waals surface area contributed by atoms with E-state index < -0.39 is 0 Å². The highest BCUT2D eigenvalue weighted by atomic mass is 32.1. The molecule has 2 heterocycles. The van der Waals surface area contributed by atoms with E-state index in [1.54, 1.807) is 11.0 Å². The predicted octanol–water partition coefficient (Wildman–Crippen LogP) is 4.66. The number of carbonyl (C=O) groups is 3. The Morgan fingerprint density at radius 2 is 1.71 bits per heavy atom. The predicted molar refractivity (Wildman–Crippen MR) is 135 cm³/mol. The Morgan fingerprint density at radius 1 is 1.00 bits per heavy atom. The van der Waals surface area contributed by atoms with Gasteiger partial charge < -0.3 is 15.5 Å². The van der Waals surface area contributed by atoms with Crippen molar-refractivity contribution < 1.29 is 14.4 Å². The smallest absolute Gasteiger partial charge is 0.246 e. The van der Waals surface area contributed by atoms with Crippen molar-refractivity contribution >= 4 is 46.0 Å². The van der Waals surface area contributed by atoms with Crippen molar-refractivity contribution in [1.82, 2.24) is 9.88 Å². The van der Waals surface area contributed by atoms with Crippen molar-refractivity contribution in [3.8, 4) is 11.3 Å². The summed E-state index contributed by atoms with van der Waals surface area (Å²) in [4.78, 5) is 42.7. The molecule has 0 bridgehead atoms. The number of anilines is 2. The largest absolute Gasteiger partial charge is 0.339 e. The molecule has 174 valence electrons. The monoisotopic (exact) mass is 474 g/mol. The van der Waals surface area contributed by atoms with Gasteiger partial charge in [-0.1, -0.05) is 42.5 Å². The lowest BCUT2D eigenvalue weighted by molar-refractivity contribution is -0.130. The fourth-order valence-corrected chi connectivity index (χ4v) is 4.52. The van der Waals surface area contributed by atoms with Crippen LogP contribution in [0.5, 0.6) is 0 Å². The Hall–Kier alpha value is -3.78. The van der Waals surface area contributed by atoms with E-state index in [4.69, 9.17) is 0 Å². The fraction of sp³-hybridized carbons (Fsp3) is 0.231. The molecule has 1 aliphatic rings. The second-order valence-corrected chi connectivity index (χ2v) is 8.99. The normalized spacial score (nSPS) is 14.2. The zero-order valence-electron chi connectivity index (χ0n) is 18.9. The molecule has 3 amide bonds. The van der Waals surface area contributed by atoms with E-state index in [9.17, 15) is 14.4 Å². The summed E-state index contributed by atoms with van der Waals surface area (Å²) in [7, 11) is 0. The molecule has 34 heavy (non-hydrogen) atoms. The Bertz CT molecular complexity index is 1180. The van der Waals surface area contributed by atoms with Gasteiger partial charge >= 0.3 is 0 Å². The van der Waals surface area contributed by atoms with Crippen LogP contribution in [0.4, 0.5) is 10.8 Å². The highest BCUT2D eigenvalue weighted by molar-refractivity contribution is 7.14. The van der Waals surface area contributed by atoms with Gasteiger partial charge in [-0.3, -0.25) is 14.4 Å². The second-order valence-electron chi connectivity index (χ2n) is 8.13. The third-order valence-electron chi connectivity index (χ3n) is 5.63. The van der Waals surface area contributed by atoms with Crippen molar-refractivity contribution in [3.63, 3.8) is 0 Å². The standard InChI is InChI=1S/C26H26N4O3S/c1-18(31)27-22-10-8-20(9-11-22)23-17-34-26(28-23)29-25(33)21-13-15-30(16-14-21)24(32)12-7-19-5-3-2-4-6-19/h2-12,17,21H,13-16H2,1H3,(H,27,31)(H,28,29,33)/b12-7+. The molecule has 2 N–H and O–H groups in total. The number of hydrogen-bond acceptors (Lipinski definition) is 5. The molecule has 1 aliphatic heterocycles. The zero-order valence-corrected chi connectivity index (χ0v) is 19.7. The van der Waals surface area contributed by atoms with E-state index >= 15 is 0 Å². The third kappa shape index (κ3) is 6.17. The van der Waals surface area contributed by atoms with Crippen LogP contribution >= 0.6 is 11.3 Å². The van der Waals surface area contributed by atoms with Gasteiger partial charge in [-0.05, 0) is 36.6 Å². The number of rotatable bonds is 6. The van der Waals surface area contributed by atoms with E-state index in [0.717, 1.165) is 22.5 Å². The van der Waals surface area contributed by atoms with Crippen LogP contribution in [0, 0.1) is 5.92 Å².